The van der Waals surface area contributed by atoms with E-state index in [1.54, 1.807) is 4.90 Å². The predicted molar refractivity (Wildman–Crippen MR) is 115 cm³/mol. The van der Waals surface area contributed by atoms with Gasteiger partial charge in [-0.2, -0.15) is 0 Å². The first kappa shape index (κ1) is 20.5. The molecule has 0 saturated carbocycles. The van der Waals surface area contributed by atoms with Crippen LogP contribution in [-0.2, 0) is 20.9 Å². The molecule has 1 aliphatic heterocycles. The van der Waals surface area contributed by atoms with Crippen LogP contribution in [0.25, 0.3) is 12.2 Å². The summed E-state index contributed by atoms with van der Waals surface area (Å²) in [6.45, 7) is 2.29. The second kappa shape index (κ2) is 9.82. The molecule has 0 atom stereocenters. The van der Waals surface area contributed by atoms with Gasteiger partial charge in [0.05, 0.1) is 12.2 Å². The summed E-state index contributed by atoms with van der Waals surface area (Å²) < 4.78 is 0. The standard InChI is InChI=1S/C24H26N2O3/c1-18(27)7-6-12-23(28)25-16-15-24(29)26-17-21-10-3-2-8-19(21)13-14-20-9-4-5-11-22(20)26/h2-5,8-11,13-14H,6-7,12,15-17H2,1H3,(H,25,28). The lowest BCUT2D eigenvalue weighted by molar-refractivity contribution is -0.121. The van der Waals surface area contributed by atoms with Gasteiger partial charge in [-0.15, -0.1) is 0 Å². The molecule has 1 heterocycles. The van der Waals surface area contributed by atoms with Crippen molar-refractivity contribution in [3.05, 3.63) is 65.2 Å². The minimum atomic E-state index is -0.125. The summed E-state index contributed by atoms with van der Waals surface area (Å²) in [6.07, 6.45) is 5.58. The van der Waals surface area contributed by atoms with Crippen LogP contribution in [-0.4, -0.2) is 24.1 Å². The summed E-state index contributed by atoms with van der Waals surface area (Å²) in [5.74, 6) is -0.0787. The highest BCUT2D eigenvalue weighted by Crippen LogP contribution is 2.29. The zero-order valence-electron chi connectivity index (χ0n) is 16.7. The van der Waals surface area contributed by atoms with Crippen molar-refractivity contribution in [2.24, 2.45) is 0 Å². The molecule has 5 nitrogen and oxygen atoms in total. The number of carbonyl (C=O) groups excluding carboxylic acids is 3. The van der Waals surface area contributed by atoms with E-state index in [1.807, 2.05) is 54.6 Å². The summed E-state index contributed by atoms with van der Waals surface area (Å²) in [5.41, 5.74) is 4.04. The summed E-state index contributed by atoms with van der Waals surface area (Å²) in [6, 6.07) is 15.9. The lowest BCUT2D eigenvalue weighted by Gasteiger charge is -2.27. The van der Waals surface area contributed by atoms with Crippen molar-refractivity contribution in [1.82, 2.24) is 5.32 Å². The van der Waals surface area contributed by atoms with Crippen molar-refractivity contribution in [3.63, 3.8) is 0 Å². The number of ketones is 1. The van der Waals surface area contributed by atoms with Crippen LogP contribution in [0.4, 0.5) is 5.69 Å². The van der Waals surface area contributed by atoms with Gasteiger partial charge in [-0.1, -0.05) is 54.6 Å². The van der Waals surface area contributed by atoms with Gasteiger partial charge in [-0.3, -0.25) is 9.59 Å². The van der Waals surface area contributed by atoms with E-state index in [4.69, 9.17) is 0 Å². The molecule has 0 fully saturated rings. The molecular weight excluding hydrogens is 364 g/mol. The first-order valence-electron chi connectivity index (χ1n) is 9.96. The Hall–Kier alpha value is -3.21. The van der Waals surface area contributed by atoms with Crippen molar-refractivity contribution >= 4 is 35.4 Å². The predicted octanol–water partition coefficient (Wildman–Crippen LogP) is 3.97. The number of fused-ring (bicyclic) bond motifs is 2. The highest BCUT2D eigenvalue weighted by atomic mass is 16.2. The van der Waals surface area contributed by atoms with Gasteiger partial charge >= 0.3 is 0 Å². The van der Waals surface area contributed by atoms with E-state index >= 15 is 0 Å². The molecule has 2 aromatic carbocycles. The molecule has 1 N–H and O–H groups in total. The maximum atomic E-state index is 13.0. The Labute approximate surface area is 171 Å². The van der Waals surface area contributed by atoms with Crippen LogP contribution in [0.15, 0.2) is 48.5 Å². The highest BCUT2D eigenvalue weighted by Gasteiger charge is 2.20. The number of para-hydroxylation sites is 1. The SMILES string of the molecule is CC(=O)CCCC(=O)NCCC(=O)N1Cc2ccccc2C=Cc2ccccc21. The number of hydrogen-bond acceptors (Lipinski definition) is 3. The number of rotatable bonds is 7. The number of Topliss-reactive ketones (excluding diaryl/α,β-unsaturated/α-hetero) is 1. The minimum Gasteiger partial charge on any atom is -0.356 e. The third kappa shape index (κ3) is 5.64. The van der Waals surface area contributed by atoms with E-state index in [0.717, 1.165) is 22.4 Å². The molecule has 0 bridgehead atoms. The normalized spacial score (nSPS) is 12.4. The molecule has 150 valence electrons. The van der Waals surface area contributed by atoms with Crippen molar-refractivity contribution in [1.29, 1.82) is 0 Å². The molecule has 0 aromatic heterocycles. The molecule has 1 aliphatic rings. The van der Waals surface area contributed by atoms with Gasteiger partial charge in [-0.25, -0.2) is 0 Å². The molecule has 0 saturated heterocycles. The van der Waals surface area contributed by atoms with Crippen LogP contribution in [0.5, 0.6) is 0 Å². The lowest BCUT2D eigenvalue weighted by atomic mass is 10.0. The molecule has 0 radical (unpaired) electrons. The second-order valence-electron chi connectivity index (χ2n) is 7.23. The van der Waals surface area contributed by atoms with Gasteiger partial charge in [0, 0.05) is 25.8 Å². The highest BCUT2D eigenvalue weighted by molar-refractivity contribution is 5.97. The van der Waals surface area contributed by atoms with Crippen LogP contribution in [0.3, 0.4) is 0 Å². The van der Waals surface area contributed by atoms with Crippen LogP contribution in [0.2, 0.25) is 0 Å². The quantitative estimate of drug-likeness (QED) is 0.778. The Morgan fingerprint density at radius 2 is 1.59 bits per heavy atom. The van der Waals surface area contributed by atoms with Gasteiger partial charge < -0.3 is 15.0 Å². The summed E-state index contributed by atoms with van der Waals surface area (Å²) in [5, 5.41) is 2.79. The maximum absolute atomic E-state index is 13.0. The smallest absolute Gasteiger partial charge is 0.229 e. The minimum absolute atomic E-state index is 0.0356. The van der Waals surface area contributed by atoms with E-state index < -0.39 is 0 Å². The average Bonchev–Trinajstić information content (AvgIpc) is 2.69. The lowest BCUT2D eigenvalue weighted by Crippen LogP contribution is -2.35. The van der Waals surface area contributed by atoms with Crippen LogP contribution >= 0.6 is 0 Å². The van der Waals surface area contributed by atoms with Crippen molar-refractivity contribution in [2.75, 3.05) is 11.4 Å². The molecule has 0 unspecified atom stereocenters. The number of benzene rings is 2. The first-order valence-corrected chi connectivity index (χ1v) is 9.96. The van der Waals surface area contributed by atoms with Crippen LogP contribution < -0.4 is 10.2 Å². The van der Waals surface area contributed by atoms with Crippen molar-refractivity contribution in [2.45, 2.75) is 39.2 Å². The zero-order chi connectivity index (χ0) is 20.6. The molecule has 2 aromatic rings. The van der Waals surface area contributed by atoms with Gasteiger partial charge in [-0.05, 0) is 36.1 Å². The van der Waals surface area contributed by atoms with Gasteiger partial charge in [0.15, 0.2) is 0 Å². The van der Waals surface area contributed by atoms with Crippen LogP contribution in [0, 0.1) is 0 Å². The summed E-state index contributed by atoms with van der Waals surface area (Å²) in [7, 11) is 0. The largest absolute Gasteiger partial charge is 0.356 e. The third-order valence-electron chi connectivity index (χ3n) is 4.95. The van der Waals surface area contributed by atoms with E-state index in [2.05, 4.69) is 11.4 Å². The van der Waals surface area contributed by atoms with Gasteiger partial charge in [0.1, 0.15) is 5.78 Å². The monoisotopic (exact) mass is 390 g/mol. The van der Waals surface area contributed by atoms with E-state index in [9.17, 15) is 14.4 Å². The van der Waals surface area contributed by atoms with E-state index in [1.165, 1.54) is 6.92 Å². The second-order valence-corrected chi connectivity index (χ2v) is 7.23. The number of carbonyl (C=O) groups is 3. The number of hydrogen-bond donors (Lipinski definition) is 1. The first-order chi connectivity index (χ1) is 14.0. The van der Waals surface area contributed by atoms with Crippen LogP contribution in [0.1, 0.15) is 49.3 Å². The molecule has 3 rings (SSSR count). The average molecular weight is 390 g/mol. The number of nitrogens with zero attached hydrogens (tertiary/aromatic N) is 1. The molecule has 5 heteroatoms. The van der Waals surface area contributed by atoms with Gasteiger partial charge in [0.25, 0.3) is 0 Å². The number of amides is 2. The topological polar surface area (TPSA) is 66.5 Å². The maximum Gasteiger partial charge on any atom is 0.229 e. The van der Waals surface area contributed by atoms with Crippen molar-refractivity contribution < 1.29 is 14.4 Å². The Balaban J connectivity index is 1.67. The zero-order valence-corrected chi connectivity index (χ0v) is 16.7. The fourth-order valence-electron chi connectivity index (χ4n) is 3.40. The fraction of sp³-hybridized carbons (Fsp3) is 0.292. The number of anilines is 1. The van der Waals surface area contributed by atoms with E-state index in [-0.39, 0.29) is 30.6 Å². The van der Waals surface area contributed by atoms with Crippen molar-refractivity contribution in [3.8, 4) is 0 Å². The third-order valence-corrected chi connectivity index (χ3v) is 4.95. The molecule has 29 heavy (non-hydrogen) atoms. The Morgan fingerprint density at radius 1 is 0.897 bits per heavy atom. The number of nitrogens with one attached hydrogen (secondary N) is 1. The molecule has 2 amide bonds. The molecule has 0 spiro atoms. The Morgan fingerprint density at radius 3 is 2.38 bits per heavy atom. The summed E-state index contributed by atoms with van der Waals surface area (Å²) >= 11 is 0. The Bertz CT molecular complexity index is 933. The molecule has 0 aliphatic carbocycles. The van der Waals surface area contributed by atoms with Gasteiger partial charge in [0.2, 0.25) is 11.8 Å². The molecular formula is C24H26N2O3. The Kier molecular flexibility index (Phi) is 6.95. The fourth-order valence-corrected chi connectivity index (χ4v) is 3.40. The van der Waals surface area contributed by atoms with E-state index in [0.29, 0.717) is 25.8 Å². The summed E-state index contributed by atoms with van der Waals surface area (Å²) in [4.78, 5) is 37.7.